The van der Waals surface area contributed by atoms with Crippen molar-refractivity contribution >= 4 is 56.0 Å². The van der Waals surface area contributed by atoms with E-state index in [2.05, 4.69) is 26.2 Å². The molecule has 1 N–H and O–H groups in total. The first-order chi connectivity index (χ1) is 13.8. The monoisotopic (exact) mass is 481 g/mol. The number of nitrogens with one attached hydrogen (secondary N) is 1. The molecule has 1 amide bonds. The number of fused-ring (bicyclic) bond motifs is 1. The molecule has 0 bridgehead atoms. The number of aryl methyl sites for hydroxylation is 1. The van der Waals surface area contributed by atoms with E-state index in [9.17, 15) is 18.8 Å². The number of halogens is 3. The number of rotatable bonds is 6. The van der Waals surface area contributed by atoms with Gasteiger partial charge in [0.15, 0.2) is 6.61 Å². The average molecular weight is 483 g/mol. The van der Waals surface area contributed by atoms with Gasteiger partial charge in [0.2, 0.25) is 0 Å². The van der Waals surface area contributed by atoms with E-state index in [-0.39, 0.29) is 29.2 Å². The van der Waals surface area contributed by atoms with Crippen molar-refractivity contribution in [2.45, 2.75) is 13.0 Å². The molecule has 1 heterocycles. The fourth-order valence-electron chi connectivity index (χ4n) is 2.49. The van der Waals surface area contributed by atoms with E-state index in [1.165, 1.54) is 23.0 Å². The van der Waals surface area contributed by atoms with Crippen LogP contribution >= 0.6 is 27.5 Å². The van der Waals surface area contributed by atoms with Crippen LogP contribution in [0.1, 0.15) is 6.42 Å². The highest BCUT2D eigenvalue weighted by molar-refractivity contribution is 9.10. The summed E-state index contributed by atoms with van der Waals surface area (Å²) in [7, 11) is 0. The third-order valence-electron chi connectivity index (χ3n) is 3.91. The van der Waals surface area contributed by atoms with Crippen LogP contribution in [0.2, 0.25) is 5.02 Å². The van der Waals surface area contributed by atoms with Crippen LogP contribution < -0.4 is 10.9 Å². The summed E-state index contributed by atoms with van der Waals surface area (Å²) < 4.78 is 20.0. The Morgan fingerprint density at radius 2 is 2.03 bits per heavy atom. The van der Waals surface area contributed by atoms with Gasteiger partial charge in [0, 0.05) is 16.7 Å². The van der Waals surface area contributed by atoms with Crippen LogP contribution in [0, 0.1) is 5.82 Å². The van der Waals surface area contributed by atoms with Gasteiger partial charge in [-0.15, -0.1) is 0 Å². The molecule has 0 aliphatic rings. The Labute approximate surface area is 177 Å². The number of amides is 1. The summed E-state index contributed by atoms with van der Waals surface area (Å²) in [6.07, 6.45) is 1.24. The molecule has 1 aromatic heterocycles. The number of carbonyl (C=O) groups excluding carboxylic acids is 2. The zero-order valence-electron chi connectivity index (χ0n) is 14.8. The molecule has 0 unspecified atom stereocenters. The minimum absolute atomic E-state index is 0.0578. The van der Waals surface area contributed by atoms with Crippen LogP contribution in [0.15, 0.2) is 52.0 Å². The third-order valence-corrected chi connectivity index (χ3v) is 4.69. The Balaban J connectivity index is 1.53. The molecule has 2 aromatic carbocycles. The van der Waals surface area contributed by atoms with E-state index in [4.69, 9.17) is 16.3 Å². The summed E-state index contributed by atoms with van der Waals surface area (Å²) in [5.74, 6) is -1.86. The molecule has 29 heavy (non-hydrogen) atoms. The van der Waals surface area contributed by atoms with Crippen molar-refractivity contribution in [2.75, 3.05) is 11.9 Å². The number of anilines is 1. The van der Waals surface area contributed by atoms with Crippen LogP contribution in [0.3, 0.4) is 0 Å². The van der Waals surface area contributed by atoms with Gasteiger partial charge >= 0.3 is 5.97 Å². The fraction of sp³-hybridized carbons (Fsp3) is 0.158. The average Bonchev–Trinajstić information content (AvgIpc) is 2.69. The van der Waals surface area contributed by atoms with Crippen LogP contribution in [0.25, 0.3) is 10.9 Å². The summed E-state index contributed by atoms with van der Waals surface area (Å²) in [5.41, 5.74) is 0.544. The van der Waals surface area contributed by atoms with Crippen molar-refractivity contribution in [3.05, 3.63) is 68.4 Å². The molecule has 0 aliphatic heterocycles. The summed E-state index contributed by atoms with van der Waals surface area (Å²) >= 11 is 8.94. The summed E-state index contributed by atoms with van der Waals surface area (Å²) in [6.45, 7) is -0.464. The Kier molecular flexibility index (Phi) is 6.60. The molecular weight excluding hydrogens is 469 g/mol. The molecule has 3 rings (SSSR count). The maximum atomic E-state index is 13.1. The molecule has 3 aromatic rings. The van der Waals surface area contributed by atoms with Gasteiger partial charge in [-0.05, 0) is 36.4 Å². The Hall–Kier alpha value is -2.78. The predicted molar refractivity (Wildman–Crippen MR) is 109 cm³/mol. The first-order valence-electron chi connectivity index (χ1n) is 8.39. The maximum absolute atomic E-state index is 13.1. The first kappa shape index (κ1) is 20.9. The number of hydrogen-bond donors (Lipinski definition) is 1. The van der Waals surface area contributed by atoms with Gasteiger partial charge in [0.1, 0.15) is 5.82 Å². The SMILES string of the molecule is O=C(COC(=O)CCn1cnc2ccc(Br)cc2c1=O)Nc1ccc(F)c(Cl)c1. The summed E-state index contributed by atoms with van der Waals surface area (Å²) in [5, 5.41) is 2.72. The number of benzene rings is 2. The number of aromatic nitrogens is 2. The van der Waals surface area contributed by atoms with Gasteiger partial charge in [0.25, 0.3) is 11.5 Å². The zero-order valence-corrected chi connectivity index (χ0v) is 17.2. The van der Waals surface area contributed by atoms with E-state index in [1.54, 1.807) is 18.2 Å². The summed E-state index contributed by atoms with van der Waals surface area (Å²) in [4.78, 5) is 40.4. The predicted octanol–water partition coefficient (Wildman–Crippen LogP) is 3.52. The number of carbonyl (C=O) groups is 2. The molecule has 0 atom stereocenters. The van der Waals surface area contributed by atoms with Gasteiger partial charge in [-0.1, -0.05) is 27.5 Å². The lowest BCUT2D eigenvalue weighted by Crippen LogP contribution is -2.24. The van der Waals surface area contributed by atoms with Crippen molar-refractivity contribution in [1.29, 1.82) is 0 Å². The normalized spacial score (nSPS) is 10.7. The molecule has 0 saturated heterocycles. The molecular formula is C19H14BrClFN3O4. The van der Waals surface area contributed by atoms with Crippen molar-refractivity contribution in [3.8, 4) is 0 Å². The Bertz CT molecular complexity index is 1150. The van der Waals surface area contributed by atoms with E-state index in [0.29, 0.717) is 10.9 Å². The van der Waals surface area contributed by atoms with Crippen LogP contribution in [0.4, 0.5) is 10.1 Å². The molecule has 150 valence electrons. The quantitative estimate of drug-likeness (QED) is 0.543. The van der Waals surface area contributed by atoms with Crippen molar-refractivity contribution in [1.82, 2.24) is 9.55 Å². The van der Waals surface area contributed by atoms with Crippen LogP contribution in [-0.4, -0.2) is 28.0 Å². The van der Waals surface area contributed by atoms with Crippen molar-refractivity contribution < 1.29 is 18.7 Å². The second-order valence-electron chi connectivity index (χ2n) is 5.99. The van der Waals surface area contributed by atoms with E-state index in [1.807, 2.05) is 0 Å². The number of nitrogens with zero attached hydrogens (tertiary/aromatic N) is 2. The highest BCUT2D eigenvalue weighted by atomic mass is 79.9. The molecule has 0 saturated carbocycles. The molecule has 0 spiro atoms. The van der Waals surface area contributed by atoms with Gasteiger partial charge in [-0.25, -0.2) is 9.37 Å². The van der Waals surface area contributed by atoms with Crippen LogP contribution in [0.5, 0.6) is 0 Å². The lowest BCUT2D eigenvalue weighted by atomic mass is 10.2. The smallest absolute Gasteiger partial charge is 0.308 e. The number of ether oxygens (including phenoxy) is 1. The molecule has 0 aliphatic carbocycles. The number of esters is 1. The maximum Gasteiger partial charge on any atom is 0.308 e. The lowest BCUT2D eigenvalue weighted by molar-refractivity contribution is -0.147. The van der Waals surface area contributed by atoms with Gasteiger partial charge in [-0.3, -0.25) is 19.0 Å². The lowest BCUT2D eigenvalue weighted by Gasteiger charge is -2.08. The standard InChI is InChI=1S/C19H14BrClFN3O4/c20-11-1-4-16-13(7-11)19(28)25(10-23-16)6-5-18(27)29-9-17(26)24-12-2-3-15(22)14(21)8-12/h1-4,7-8,10H,5-6,9H2,(H,24,26). The van der Waals surface area contributed by atoms with Gasteiger partial charge in [0.05, 0.1) is 28.7 Å². The molecule has 0 radical (unpaired) electrons. The number of hydrogen-bond acceptors (Lipinski definition) is 5. The Morgan fingerprint density at radius 3 is 2.79 bits per heavy atom. The van der Waals surface area contributed by atoms with Crippen molar-refractivity contribution in [2.24, 2.45) is 0 Å². The van der Waals surface area contributed by atoms with E-state index < -0.39 is 24.3 Å². The summed E-state index contributed by atoms with van der Waals surface area (Å²) in [6, 6.07) is 8.84. The molecule has 10 heteroatoms. The second-order valence-corrected chi connectivity index (χ2v) is 7.32. The second kappa shape index (κ2) is 9.15. The van der Waals surface area contributed by atoms with Crippen LogP contribution in [-0.2, 0) is 20.9 Å². The zero-order chi connectivity index (χ0) is 21.0. The first-order valence-corrected chi connectivity index (χ1v) is 9.56. The highest BCUT2D eigenvalue weighted by Crippen LogP contribution is 2.19. The highest BCUT2D eigenvalue weighted by Gasteiger charge is 2.11. The van der Waals surface area contributed by atoms with Crippen molar-refractivity contribution in [3.63, 3.8) is 0 Å². The van der Waals surface area contributed by atoms with E-state index >= 15 is 0 Å². The van der Waals surface area contributed by atoms with Gasteiger partial charge < -0.3 is 10.1 Å². The van der Waals surface area contributed by atoms with E-state index in [0.717, 1.165) is 10.5 Å². The molecule has 0 fully saturated rings. The minimum Gasteiger partial charge on any atom is -0.456 e. The minimum atomic E-state index is -0.654. The molecule has 7 nitrogen and oxygen atoms in total. The third kappa shape index (κ3) is 5.39. The Morgan fingerprint density at radius 1 is 1.24 bits per heavy atom. The fourth-order valence-corrected chi connectivity index (χ4v) is 3.03. The largest absolute Gasteiger partial charge is 0.456 e. The van der Waals surface area contributed by atoms with Gasteiger partial charge in [-0.2, -0.15) is 0 Å². The topological polar surface area (TPSA) is 90.3 Å².